The van der Waals surface area contributed by atoms with Crippen molar-refractivity contribution in [2.24, 2.45) is 0 Å². The molecular formula is C11H22N6O. The number of nitrogen functional groups attached to an aromatic ring is 1. The van der Waals surface area contributed by atoms with Gasteiger partial charge in [-0.3, -0.25) is 0 Å². The third-order valence-electron chi connectivity index (χ3n) is 2.33. The Balaban J connectivity index is 2.63. The summed E-state index contributed by atoms with van der Waals surface area (Å²) < 4.78 is 5.24. The lowest BCUT2D eigenvalue weighted by molar-refractivity contribution is 0.312. The van der Waals surface area contributed by atoms with Crippen molar-refractivity contribution in [3.63, 3.8) is 0 Å². The van der Waals surface area contributed by atoms with Crippen LogP contribution in [-0.4, -0.2) is 60.7 Å². The Bertz CT molecular complexity index is 371. The van der Waals surface area contributed by atoms with Crippen LogP contribution in [0, 0.1) is 0 Å². The van der Waals surface area contributed by atoms with E-state index in [0.717, 1.165) is 19.5 Å². The number of anilines is 2. The molecule has 1 aromatic rings. The Morgan fingerprint density at radius 2 is 1.83 bits per heavy atom. The summed E-state index contributed by atoms with van der Waals surface area (Å²) in [6.45, 7) is 4.25. The molecule has 0 radical (unpaired) electrons. The van der Waals surface area contributed by atoms with E-state index < -0.39 is 0 Å². The molecular weight excluding hydrogens is 232 g/mol. The van der Waals surface area contributed by atoms with Gasteiger partial charge in [0.15, 0.2) is 0 Å². The van der Waals surface area contributed by atoms with Gasteiger partial charge in [0, 0.05) is 13.6 Å². The molecule has 0 aliphatic carbocycles. The Hall–Kier alpha value is -1.63. The molecule has 0 saturated heterocycles. The SMILES string of the molecule is CCOc1nc(N)nc(N(C)CCCN(C)C)n1. The van der Waals surface area contributed by atoms with E-state index in [1.54, 1.807) is 0 Å². The lowest BCUT2D eigenvalue weighted by Crippen LogP contribution is -2.25. The number of nitrogens with two attached hydrogens (primary N) is 1. The van der Waals surface area contributed by atoms with Gasteiger partial charge >= 0.3 is 6.01 Å². The first-order valence-electron chi connectivity index (χ1n) is 6.03. The van der Waals surface area contributed by atoms with Gasteiger partial charge in [0.2, 0.25) is 11.9 Å². The van der Waals surface area contributed by atoms with E-state index in [-0.39, 0.29) is 12.0 Å². The Labute approximate surface area is 108 Å². The second-order valence-electron chi connectivity index (χ2n) is 4.29. The second kappa shape index (κ2) is 6.95. The van der Waals surface area contributed by atoms with Crippen molar-refractivity contribution in [3.8, 4) is 6.01 Å². The van der Waals surface area contributed by atoms with E-state index in [1.807, 2.05) is 33.0 Å². The standard InChI is InChI=1S/C11H22N6O/c1-5-18-11-14-9(12)13-10(15-11)17(4)8-6-7-16(2)3/h5-8H2,1-4H3,(H2,12,13,14,15). The Morgan fingerprint density at radius 3 is 2.44 bits per heavy atom. The molecule has 2 N–H and O–H groups in total. The maximum Gasteiger partial charge on any atom is 0.323 e. The third kappa shape index (κ3) is 4.70. The van der Waals surface area contributed by atoms with Crippen LogP contribution in [0.15, 0.2) is 0 Å². The predicted octanol–water partition coefficient (Wildman–Crippen LogP) is 0.240. The van der Waals surface area contributed by atoms with Crippen molar-refractivity contribution < 1.29 is 4.74 Å². The van der Waals surface area contributed by atoms with E-state index in [1.165, 1.54) is 0 Å². The van der Waals surface area contributed by atoms with Gasteiger partial charge < -0.3 is 20.3 Å². The summed E-state index contributed by atoms with van der Waals surface area (Å²) in [4.78, 5) is 16.3. The number of nitrogens with zero attached hydrogens (tertiary/aromatic N) is 5. The lowest BCUT2D eigenvalue weighted by atomic mass is 10.4. The summed E-state index contributed by atoms with van der Waals surface area (Å²) >= 11 is 0. The monoisotopic (exact) mass is 254 g/mol. The topological polar surface area (TPSA) is 80.4 Å². The van der Waals surface area contributed by atoms with Crippen LogP contribution in [0.5, 0.6) is 6.01 Å². The molecule has 18 heavy (non-hydrogen) atoms. The van der Waals surface area contributed by atoms with Gasteiger partial charge in [-0.15, -0.1) is 0 Å². The van der Waals surface area contributed by atoms with E-state index in [4.69, 9.17) is 10.5 Å². The molecule has 102 valence electrons. The molecule has 0 bridgehead atoms. The highest BCUT2D eigenvalue weighted by Gasteiger charge is 2.09. The highest BCUT2D eigenvalue weighted by molar-refractivity contribution is 5.34. The number of hydrogen-bond donors (Lipinski definition) is 1. The van der Waals surface area contributed by atoms with Crippen LogP contribution in [0.3, 0.4) is 0 Å². The van der Waals surface area contributed by atoms with E-state index >= 15 is 0 Å². The van der Waals surface area contributed by atoms with E-state index in [9.17, 15) is 0 Å². The minimum absolute atomic E-state index is 0.183. The van der Waals surface area contributed by atoms with Gasteiger partial charge in [0.25, 0.3) is 0 Å². The van der Waals surface area contributed by atoms with Crippen LogP contribution in [0.1, 0.15) is 13.3 Å². The minimum Gasteiger partial charge on any atom is -0.464 e. The van der Waals surface area contributed by atoms with Crippen molar-refractivity contribution in [1.29, 1.82) is 0 Å². The normalized spacial score (nSPS) is 10.7. The summed E-state index contributed by atoms with van der Waals surface area (Å²) in [6, 6.07) is 0.277. The van der Waals surface area contributed by atoms with Crippen molar-refractivity contribution in [1.82, 2.24) is 19.9 Å². The maximum atomic E-state index is 5.63. The quantitative estimate of drug-likeness (QED) is 0.746. The molecule has 0 fully saturated rings. The lowest BCUT2D eigenvalue weighted by Gasteiger charge is -2.18. The van der Waals surface area contributed by atoms with Crippen LogP contribution < -0.4 is 15.4 Å². The Morgan fingerprint density at radius 1 is 1.11 bits per heavy atom. The molecule has 1 rings (SSSR count). The average molecular weight is 254 g/mol. The van der Waals surface area contributed by atoms with Gasteiger partial charge in [0.05, 0.1) is 6.61 Å². The fourth-order valence-electron chi connectivity index (χ4n) is 1.45. The van der Waals surface area contributed by atoms with Gasteiger partial charge in [-0.05, 0) is 34.0 Å². The van der Waals surface area contributed by atoms with Crippen molar-refractivity contribution in [3.05, 3.63) is 0 Å². The summed E-state index contributed by atoms with van der Waals surface area (Å²) in [6.07, 6.45) is 1.03. The zero-order valence-electron chi connectivity index (χ0n) is 11.6. The highest BCUT2D eigenvalue weighted by atomic mass is 16.5. The summed E-state index contributed by atoms with van der Waals surface area (Å²) in [5.74, 6) is 0.729. The summed E-state index contributed by atoms with van der Waals surface area (Å²) in [7, 11) is 6.03. The zero-order valence-corrected chi connectivity index (χ0v) is 11.6. The highest BCUT2D eigenvalue weighted by Crippen LogP contribution is 2.12. The first kappa shape index (κ1) is 14.4. The molecule has 0 amide bonds. The molecule has 7 nitrogen and oxygen atoms in total. The zero-order chi connectivity index (χ0) is 13.5. The summed E-state index contributed by atoms with van der Waals surface area (Å²) in [5, 5.41) is 0. The average Bonchev–Trinajstić information content (AvgIpc) is 2.28. The van der Waals surface area contributed by atoms with Crippen LogP contribution in [0.4, 0.5) is 11.9 Å². The molecule has 0 aliphatic rings. The molecule has 1 heterocycles. The number of rotatable bonds is 7. The van der Waals surface area contributed by atoms with Crippen LogP contribution >= 0.6 is 0 Å². The largest absolute Gasteiger partial charge is 0.464 e. The molecule has 0 saturated carbocycles. The van der Waals surface area contributed by atoms with Crippen molar-refractivity contribution in [2.45, 2.75) is 13.3 Å². The minimum atomic E-state index is 0.183. The molecule has 0 atom stereocenters. The van der Waals surface area contributed by atoms with Crippen LogP contribution in [-0.2, 0) is 0 Å². The van der Waals surface area contributed by atoms with Crippen LogP contribution in [0.25, 0.3) is 0 Å². The summed E-state index contributed by atoms with van der Waals surface area (Å²) in [5.41, 5.74) is 5.63. The third-order valence-corrected chi connectivity index (χ3v) is 2.33. The van der Waals surface area contributed by atoms with Gasteiger partial charge in [-0.1, -0.05) is 0 Å². The molecule has 7 heteroatoms. The maximum absolute atomic E-state index is 5.63. The number of ether oxygens (including phenoxy) is 1. The van der Waals surface area contributed by atoms with Crippen molar-refractivity contribution in [2.75, 3.05) is 51.5 Å². The van der Waals surface area contributed by atoms with E-state index in [0.29, 0.717) is 12.6 Å². The molecule has 0 unspecified atom stereocenters. The smallest absolute Gasteiger partial charge is 0.323 e. The molecule has 0 aromatic carbocycles. The van der Waals surface area contributed by atoms with Gasteiger partial charge in [-0.25, -0.2) is 0 Å². The molecule has 1 aromatic heterocycles. The fourth-order valence-corrected chi connectivity index (χ4v) is 1.45. The molecule has 0 aliphatic heterocycles. The Kier molecular flexibility index (Phi) is 5.57. The second-order valence-corrected chi connectivity index (χ2v) is 4.29. The predicted molar refractivity (Wildman–Crippen MR) is 71.8 cm³/mol. The van der Waals surface area contributed by atoms with Crippen molar-refractivity contribution >= 4 is 11.9 Å². The first-order valence-corrected chi connectivity index (χ1v) is 6.03. The van der Waals surface area contributed by atoms with Crippen LogP contribution in [0.2, 0.25) is 0 Å². The fraction of sp³-hybridized carbons (Fsp3) is 0.727. The number of hydrogen-bond acceptors (Lipinski definition) is 7. The van der Waals surface area contributed by atoms with E-state index in [2.05, 4.69) is 19.9 Å². The number of aromatic nitrogens is 3. The van der Waals surface area contributed by atoms with Gasteiger partial charge in [-0.2, -0.15) is 15.0 Å². The first-order chi connectivity index (χ1) is 8.52. The van der Waals surface area contributed by atoms with Gasteiger partial charge in [0.1, 0.15) is 0 Å². The molecule has 0 spiro atoms.